The number of anilines is 1. The summed E-state index contributed by atoms with van der Waals surface area (Å²) in [6.45, 7) is 5.56. The number of nitrogen functional groups attached to an aromatic ring is 1. The van der Waals surface area contributed by atoms with Crippen LogP contribution in [0.3, 0.4) is 0 Å². The van der Waals surface area contributed by atoms with Gasteiger partial charge in [0.1, 0.15) is 0 Å². The van der Waals surface area contributed by atoms with Crippen LogP contribution in [0.4, 0.5) is 5.69 Å². The number of hydrogen-bond acceptors (Lipinski definition) is 4. The Morgan fingerprint density at radius 2 is 2.00 bits per heavy atom. The van der Waals surface area contributed by atoms with Crippen LogP contribution in [0.15, 0.2) is 18.2 Å². The van der Waals surface area contributed by atoms with Crippen molar-refractivity contribution < 1.29 is 14.3 Å². The molecule has 0 heterocycles. The predicted molar refractivity (Wildman–Crippen MR) is 78.6 cm³/mol. The smallest absolute Gasteiger partial charge is 0.338 e. The molecule has 0 fully saturated rings. The molecule has 0 bridgehead atoms. The Kier molecular flexibility index (Phi) is 5.82. The number of rotatable bonds is 5. The van der Waals surface area contributed by atoms with Gasteiger partial charge in [-0.15, -0.1) is 0 Å². The summed E-state index contributed by atoms with van der Waals surface area (Å²) in [5.41, 5.74) is 6.15. The summed E-state index contributed by atoms with van der Waals surface area (Å²) < 4.78 is 4.92. The lowest BCUT2D eigenvalue weighted by atomic mass is 10.1. The van der Waals surface area contributed by atoms with Crippen LogP contribution in [0.5, 0.6) is 0 Å². The highest BCUT2D eigenvalue weighted by molar-refractivity contribution is 6.33. The number of hydrogen-bond donors (Lipinski definition) is 2. The third-order valence-electron chi connectivity index (χ3n) is 2.95. The fraction of sp³-hybridized carbons (Fsp3) is 0.429. The molecule has 0 radical (unpaired) electrons. The molecule has 1 amide bonds. The zero-order valence-electron chi connectivity index (χ0n) is 11.8. The molecule has 0 aromatic heterocycles. The molecule has 0 aliphatic carbocycles. The van der Waals surface area contributed by atoms with Crippen LogP contribution in [0, 0.1) is 5.92 Å². The van der Waals surface area contributed by atoms with Gasteiger partial charge in [0.2, 0.25) is 0 Å². The van der Waals surface area contributed by atoms with E-state index in [2.05, 4.69) is 5.32 Å². The fourth-order valence-electron chi connectivity index (χ4n) is 1.35. The Morgan fingerprint density at radius 1 is 1.35 bits per heavy atom. The fourth-order valence-corrected chi connectivity index (χ4v) is 1.46. The average molecular weight is 299 g/mol. The number of benzene rings is 1. The third-order valence-corrected chi connectivity index (χ3v) is 3.30. The second kappa shape index (κ2) is 7.14. The first-order chi connectivity index (χ1) is 9.31. The van der Waals surface area contributed by atoms with E-state index in [1.165, 1.54) is 18.2 Å². The van der Waals surface area contributed by atoms with Crippen molar-refractivity contribution in [1.29, 1.82) is 0 Å². The van der Waals surface area contributed by atoms with Crippen LogP contribution < -0.4 is 11.1 Å². The number of esters is 1. The van der Waals surface area contributed by atoms with E-state index in [-0.39, 0.29) is 24.1 Å². The van der Waals surface area contributed by atoms with Crippen LogP contribution in [0.25, 0.3) is 0 Å². The normalized spacial score (nSPS) is 12.1. The Balaban J connectivity index is 2.51. The first kappa shape index (κ1) is 16.3. The lowest BCUT2D eigenvalue weighted by molar-refractivity contribution is -0.125. The summed E-state index contributed by atoms with van der Waals surface area (Å²) >= 11 is 5.76. The summed E-state index contributed by atoms with van der Waals surface area (Å²) in [5, 5.41) is 3.11. The van der Waals surface area contributed by atoms with Gasteiger partial charge in [-0.05, 0) is 31.0 Å². The van der Waals surface area contributed by atoms with Crippen molar-refractivity contribution in [1.82, 2.24) is 5.32 Å². The lowest BCUT2D eigenvalue weighted by Gasteiger charge is -2.17. The molecule has 0 saturated carbocycles. The van der Waals surface area contributed by atoms with E-state index < -0.39 is 5.97 Å². The van der Waals surface area contributed by atoms with Crippen molar-refractivity contribution in [2.45, 2.75) is 26.8 Å². The molecule has 20 heavy (non-hydrogen) atoms. The van der Waals surface area contributed by atoms with Crippen molar-refractivity contribution in [2.75, 3.05) is 12.3 Å². The summed E-state index contributed by atoms with van der Waals surface area (Å²) in [6.07, 6.45) is 0. The van der Waals surface area contributed by atoms with E-state index >= 15 is 0 Å². The first-order valence-electron chi connectivity index (χ1n) is 6.32. The quantitative estimate of drug-likeness (QED) is 0.645. The first-order valence-corrected chi connectivity index (χ1v) is 6.70. The van der Waals surface area contributed by atoms with E-state index in [4.69, 9.17) is 22.1 Å². The number of carbonyl (C=O) groups excluding carboxylic acids is 2. The third kappa shape index (κ3) is 4.74. The molecule has 0 unspecified atom stereocenters. The van der Waals surface area contributed by atoms with Gasteiger partial charge in [0.15, 0.2) is 6.61 Å². The molecule has 0 saturated heterocycles. The van der Waals surface area contributed by atoms with Crippen molar-refractivity contribution in [2.24, 2.45) is 5.92 Å². The van der Waals surface area contributed by atoms with Crippen LogP contribution in [-0.2, 0) is 9.53 Å². The van der Waals surface area contributed by atoms with E-state index in [0.717, 1.165) is 0 Å². The molecule has 1 rings (SSSR count). The van der Waals surface area contributed by atoms with Crippen LogP contribution >= 0.6 is 11.6 Å². The number of nitrogens with two attached hydrogens (primary N) is 1. The number of ether oxygens (including phenoxy) is 1. The van der Waals surface area contributed by atoms with E-state index in [0.29, 0.717) is 16.6 Å². The van der Waals surface area contributed by atoms with E-state index in [1.54, 1.807) is 0 Å². The van der Waals surface area contributed by atoms with Crippen LogP contribution in [-0.4, -0.2) is 24.5 Å². The standard InChI is InChI=1S/C14H19ClN2O3/c1-8(2)9(3)17-13(18)7-20-14(19)10-4-5-11(15)12(16)6-10/h4-6,8-9H,7,16H2,1-3H3,(H,17,18)/t9-/m0/s1. The maximum Gasteiger partial charge on any atom is 0.338 e. The van der Waals surface area contributed by atoms with Crippen molar-refractivity contribution >= 4 is 29.2 Å². The molecule has 0 aliphatic rings. The minimum atomic E-state index is -0.610. The SMILES string of the molecule is CC(C)[C@H](C)NC(=O)COC(=O)c1ccc(Cl)c(N)c1. The molecule has 1 aromatic carbocycles. The number of halogens is 1. The Morgan fingerprint density at radius 3 is 2.55 bits per heavy atom. The monoisotopic (exact) mass is 298 g/mol. The number of amides is 1. The number of nitrogens with one attached hydrogen (secondary N) is 1. The molecular formula is C14H19ClN2O3. The Labute approximate surface area is 123 Å². The zero-order chi connectivity index (χ0) is 15.3. The molecule has 6 heteroatoms. The maximum absolute atomic E-state index is 11.7. The van der Waals surface area contributed by atoms with E-state index in [9.17, 15) is 9.59 Å². The van der Waals surface area contributed by atoms with Crippen molar-refractivity contribution in [3.63, 3.8) is 0 Å². The second-order valence-corrected chi connectivity index (χ2v) is 5.32. The minimum absolute atomic E-state index is 0.0207. The van der Waals surface area contributed by atoms with Crippen molar-refractivity contribution in [3.8, 4) is 0 Å². The highest BCUT2D eigenvalue weighted by Gasteiger charge is 2.14. The predicted octanol–water partition coefficient (Wildman–Crippen LogP) is 2.24. The van der Waals surface area contributed by atoms with Gasteiger partial charge in [-0.1, -0.05) is 25.4 Å². The van der Waals surface area contributed by atoms with Gasteiger partial charge >= 0.3 is 5.97 Å². The Bertz CT molecular complexity index is 503. The minimum Gasteiger partial charge on any atom is -0.452 e. The van der Waals surface area contributed by atoms with Crippen molar-refractivity contribution in [3.05, 3.63) is 28.8 Å². The van der Waals surface area contributed by atoms with Gasteiger partial charge in [-0.3, -0.25) is 4.79 Å². The van der Waals surface area contributed by atoms with Gasteiger partial charge in [0.25, 0.3) is 5.91 Å². The second-order valence-electron chi connectivity index (χ2n) is 4.91. The topological polar surface area (TPSA) is 81.4 Å². The highest BCUT2D eigenvalue weighted by atomic mass is 35.5. The summed E-state index contributed by atoms with van der Waals surface area (Å²) in [4.78, 5) is 23.3. The van der Waals surface area contributed by atoms with Gasteiger partial charge in [0.05, 0.1) is 16.3 Å². The van der Waals surface area contributed by atoms with Gasteiger partial charge in [0, 0.05) is 6.04 Å². The molecule has 1 atom stereocenters. The van der Waals surface area contributed by atoms with E-state index in [1.807, 2.05) is 20.8 Å². The Hall–Kier alpha value is -1.75. The molecular weight excluding hydrogens is 280 g/mol. The maximum atomic E-state index is 11.7. The summed E-state index contributed by atoms with van der Waals surface area (Å²) in [5.74, 6) is -0.632. The largest absolute Gasteiger partial charge is 0.452 e. The molecule has 0 aliphatic heterocycles. The molecule has 3 N–H and O–H groups in total. The van der Waals surface area contributed by atoms with Crippen LogP contribution in [0.2, 0.25) is 5.02 Å². The average Bonchev–Trinajstić information content (AvgIpc) is 2.39. The summed E-state index contributed by atoms with van der Waals surface area (Å²) in [6, 6.07) is 4.44. The van der Waals surface area contributed by atoms with Gasteiger partial charge < -0.3 is 15.8 Å². The summed E-state index contributed by atoms with van der Waals surface area (Å²) in [7, 11) is 0. The molecule has 5 nitrogen and oxygen atoms in total. The lowest BCUT2D eigenvalue weighted by Crippen LogP contribution is -2.38. The van der Waals surface area contributed by atoms with Gasteiger partial charge in [-0.25, -0.2) is 4.79 Å². The number of carbonyl (C=O) groups is 2. The molecule has 1 aromatic rings. The molecule has 0 spiro atoms. The molecule has 110 valence electrons. The zero-order valence-corrected chi connectivity index (χ0v) is 12.5. The van der Waals surface area contributed by atoms with Crippen LogP contribution in [0.1, 0.15) is 31.1 Å². The van der Waals surface area contributed by atoms with Gasteiger partial charge in [-0.2, -0.15) is 0 Å². The highest BCUT2D eigenvalue weighted by Crippen LogP contribution is 2.19.